The van der Waals surface area contributed by atoms with Crippen LogP contribution in [0.2, 0.25) is 0 Å². The number of amides is 2. The first kappa shape index (κ1) is 19.5. The van der Waals surface area contributed by atoms with Gasteiger partial charge in [0.2, 0.25) is 5.91 Å². The third-order valence-electron chi connectivity index (χ3n) is 3.77. The number of hydrogen-bond acceptors (Lipinski definition) is 5. The Hall–Kier alpha value is -2.83. The second-order valence-corrected chi connectivity index (χ2v) is 6.32. The van der Waals surface area contributed by atoms with Gasteiger partial charge in [-0.15, -0.1) is 0 Å². The number of para-hydroxylation sites is 1. The fraction of sp³-hybridized carbons (Fsp3) is 0.421. The monoisotopic (exact) mass is 359 g/mol. The van der Waals surface area contributed by atoms with E-state index in [0.717, 1.165) is 11.3 Å². The predicted molar refractivity (Wildman–Crippen MR) is 97.0 cm³/mol. The van der Waals surface area contributed by atoms with Gasteiger partial charge in [-0.2, -0.15) is 0 Å². The molecule has 2 N–H and O–H groups in total. The summed E-state index contributed by atoms with van der Waals surface area (Å²) in [5.41, 5.74) is 2.05. The smallest absolute Gasteiger partial charge is 0.255 e. The Bertz CT molecular complexity index is 748. The lowest BCUT2D eigenvalue weighted by atomic mass is 10.1. The fourth-order valence-electron chi connectivity index (χ4n) is 2.42. The lowest BCUT2D eigenvalue weighted by Gasteiger charge is -2.12. The van der Waals surface area contributed by atoms with Gasteiger partial charge in [0.15, 0.2) is 0 Å². The number of aromatic nitrogens is 1. The van der Waals surface area contributed by atoms with E-state index in [1.165, 1.54) is 0 Å². The van der Waals surface area contributed by atoms with Crippen LogP contribution in [0, 0.1) is 13.8 Å². The number of carbonyl (C=O) groups is 2. The summed E-state index contributed by atoms with van der Waals surface area (Å²) in [4.78, 5) is 24.0. The molecule has 2 amide bonds. The molecule has 1 aromatic heterocycles. The minimum Gasteiger partial charge on any atom is -0.488 e. The second kappa shape index (κ2) is 9.03. The van der Waals surface area contributed by atoms with Crippen molar-refractivity contribution in [2.24, 2.45) is 0 Å². The van der Waals surface area contributed by atoms with Crippen molar-refractivity contribution < 1.29 is 18.8 Å². The minimum absolute atomic E-state index is 0.0802. The Balaban J connectivity index is 1.95. The summed E-state index contributed by atoms with van der Waals surface area (Å²) >= 11 is 0. The molecule has 7 nitrogen and oxygen atoms in total. The van der Waals surface area contributed by atoms with E-state index in [9.17, 15) is 9.59 Å². The number of nitrogens with one attached hydrogen (secondary N) is 2. The maximum atomic E-state index is 12.4. The van der Waals surface area contributed by atoms with E-state index >= 15 is 0 Å². The van der Waals surface area contributed by atoms with Gasteiger partial charge < -0.3 is 19.9 Å². The maximum Gasteiger partial charge on any atom is 0.255 e. The summed E-state index contributed by atoms with van der Waals surface area (Å²) in [5, 5.41) is 9.42. The lowest BCUT2D eigenvalue weighted by molar-refractivity contribution is -0.121. The van der Waals surface area contributed by atoms with Crippen LogP contribution in [-0.4, -0.2) is 29.6 Å². The zero-order valence-electron chi connectivity index (χ0n) is 15.6. The normalized spacial score (nSPS) is 10.7. The first-order valence-corrected chi connectivity index (χ1v) is 8.59. The number of carbonyl (C=O) groups excluding carboxylic acids is 2. The Morgan fingerprint density at radius 3 is 2.62 bits per heavy atom. The van der Waals surface area contributed by atoms with Crippen LogP contribution in [0.1, 0.15) is 47.6 Å². The quantitative estimate of drug-likeness (QED) is 0.755. The van der Waals surface area contributed by atoms with Gasteiger partial charge in [0, 0.05) is 19.0 Å². The number of aryl methyl sites for hydroxylation is 2. The standard InChI is InChI=1S/C19H25N3O4/c1-12(2)21-18(23)9-10-20-19(24)15-7-5-6-8-17(15)25-11-16-13(3)22-26-14(16)4/h5-8,12H,9-11H2,1-4H3,(H,20,24)(H,21,23). The molecule has 0 bridgehead atoms. The zero-order valence-corrected chi connectivity index (χ0v) is 15.6. The van der Waals surface area contributed by atoms with Crippen LogP contribution in [0.25, 0.3) is 0 Å². The number of rotatable bonds is 8. The van der Waals surface area contributed by atoms with Gasteiger partial charge in [-0.25, -0.2) is 0 Å². The summed E-state index contributed by atoms with van der Waals surface area (Å²) in [6.45, 7) is 7.97. The zero-order chi connectivity index (χ0) is 19.1. The molecule has 26 heavy (non-hydrogen) atoms. The molecular formula is C19H25N3O4. The molecule has 0 saturated carbocycles. The third kappa shape index (κ3) is 5.34. The van der Waals surface area contributed by atoms with Crippen molar-refractivity contribution in [2.45, 2.75) is 46.8 Å². The first-order chi connectivity index (χ1) is 12.4. The Morgan fingerprint density at radius 1 is 1.23 bits per heavy atom. The van der Waals surface area contributed by atoms with Crippen LogP contribution in [0.3, 0.4) is 0 Å². The molecule has 0 aliphatic carbocycles. The Labute approximate surface area is 153 Å². The third-order valence-corrected chi connectivity index (χ3v) is 3.77. The highest BCUT2D eigenvalue weighted by Gasteiger charge is 2.15. The van der Waals surface area contributed by atoms with E-state index in [1.807, 2.05) is 27.7 Å². The predicted octanol–water partition coefficient (Wildman–Crippen LogP) is 2.51. The van der Waals surface area contributed by atoms with Crippen molar-refractivity contribution in [1.29, 1.82) is 0 Å². The SMILES string of the molecule is Cc1noc(C)c1COc1ccccc1C(=O)NCCC(=O)NC(C)C. The largest absolute Gasteiger partial charge is 0.488 e. The van der Waals surface area contributed by atoms with Crippen molar-refractivity contribution in [3.8, 4) is 5.75 Å². The molecule has 1 aromatic carbocycles. The number of ether oxygens (including phenoxy) is 1. The molecule has 0 saturated heterocycles. The van der Waals surface area contributed by atoms with Crippen LogP contribution in [0.15, 0.2) is 28.8 Å². The first-order valence-electron chi connectivity index (χ1n) is 8.59. The van der Waals surface area contributed by atoms with Crippen LogP contribution >= 0.6 is 0 Å². The highest BCUT2D eigenvalue weighted by Crippen LogP contribution is 2.21. The van der Waals surface area contributed by atoms with Crippen molar-refractivity contribution in [3.63, 3.8) is 0 Å². The van der Waals surface area contributed by atoms with Crippen molar-refractivity contribution >= 4 is 11.8 Å². The number of benzene rings is 1. The molecule has 0 aliphatic heterocycles. The van der Waals surface area contributed by atoms with Crippen LogP contribution in [-0.2, 0) is 11.4 Å². The van der Waals surface area contributed by atoms with Crippen molar-refractivity contribution in [3.05, 3.63) is 46.8 Å². The van der Waals surface area contributed by atoms with E-state index in [1.54, 1.807) is 24.3 Å². The molecule has 7 heteroatoms. The minimum atomic E-state index is -0.281. The molecule has 2 rings (SSSR count). The molecule has 0 spiro atoms. The highest BCUT2D eigenvalue weighted by molar-refractivity contribution is 5.97. The molecule has 0 fully saturated rings. The van der Waals surface area contributed by atoms with Gasteiger partial charge in [0.05, 0.1) is 16.8 Å². The summed E-state index contributed by atoms with van der Waals surface area (Å²) in [6.07, 6.45) is 0.228. The van der Waals surface area contributed by atoms with E-state index in [0.29, 0.717) is 17.1 Å². The lowest BCUT2D eigenvalue weighted by Crippen LogP contribution is -2.34. The topological polar surface area (TPSA) is 93.5 Å². The Morgan fingerprint density at radius 2 is 1.96 bits per heavy atom. The summed E-state index contributed by atoms with van der Waals surface area (Å²) < 4.78 is 10.9. The van der Waals surface area contributed by atoms with E-state index < -0.39 is 0 Å². The molecule has 0 aliphatic rings. The summed E-state index contributed by atoms with van der Waals surface area (Å²) in [6, 6.07) is 7.07. The fourth-order valence-corrected chi connectivity index (χ4v) is 2.42. The van der Waals surface area contributed by atoms with Gasteiger partial charge in [0.25, 0.3) is 5.91 Å². The molecule has 140 valence electrons. The van der Waals surface area contributed by atoms with E-state index in [2.05, 4.69) is 15.8 Å². The van der Waals surface area contributed by atoms with Gasteiger partial charge in [0.1, 0.15) is 18.1 Å². The second-order valence-electron chi connectivity index (χ2n) is 6.32. The molecule has 0 unspecified atom stereocenters. The van der Waals surface area contributed by atoms with Gasteiger partial charge in [-0.1, -0.05) is 17.3 Å². The molecule has 0 radical (unpaired) electrons. The molecule has 0 atom stereocenters. The van der Waals surface area contributed by atoms with E-state index in [4.69, 9.17) is 9.26 Å². The van der Waals surface area contributed by atoms with Gasteiger partial charge in [-0.05, 0) is 39.8 Å². The molecule has 2 aromatic rings. The van der Waals surface area contributed by atoms with Gasteiger partial charge >= 0.3 is 0 Å². The molecule has 1 heterocycles. The average Bonchev–Trinajstić information content (AvgIpc) is 2.90. The van der Waals surface area contributed by atoms with Crippen LogP contribution in [0.4, 0.5) is 0 Å². The maximum absolute atomic E-state index is 12.4. The summed E-state index contributed by atoms with van der Waals surface area (Å²) in [5.74, 6) is 0.789. The van der Waals surface area contributed by atoms with Crippen LogP contribution < -0.4 is 15.4 Å². The van der Waals surface area contributed by atoms with Gasteiger partial charge in [-0.3, -0.25) is 9.59 Å². The molecular weight excluding hydrogens is 334 g/mol. The average molecular weight is 359 g/mol. The van der Waals surface area contributed by atoms with Crippen molar-refractivity contribution in [2.75, 3.05) is 6.54 Å². The van der Waals surface area contributed by atoms with Crippen molar-refractivity contribution in [1.82, 2.24) is 15.8 Å². The Kier molecular flexibility index (Phi) is 6.77. The highest BCUT2D eigenvalue weighted by atomic mass is 16.5. The van der Waals surface area contributed by atoms with E-state index in [-0.39, 0.29) is 37.4 Å². The summed E-state index contributed by atoms with van der Waals surface area (Å²) in [7, 11) is 0. The number of nitrogens with zero attached hydrogens (tertiary/aromatic N) is 1. The number of hydrogen-bond donors (Lipinski definition) is 2. The van der Waals surface area contributed by atoms with Crippen LogP contribution in [0.5, 0.6) is 5.75 Å².